The molecule has 32 heavy (non-hydrogen) atoms. The van der Waals surface area contributed by atoms with Crippen LogP contribution < -0.4 is 0 Å². The Balaban J connectivity index is 0.00000289. The zero-order valence-electron chi connectivity index (χ0n) is 17.9. The predicted octanol–water partition coefficient (Wildman–Crippen LogP) is 3.81. The molecule has 4 aromatic rings. The summed E-state index contributed by atoms with van der Waals surface area (Å²) >= 11 is 0. The fraction of sp³-hybridized carbons (Fsp3) is 0.217. The first-order chi connectivity index (χ1) is 14.8. The molecular weight excluding hydrogens is 583 g/mol. The quantitative estimate of drug-likeness (QED) is 0.332. The first-order valence-corrected chi connectivity index (χ1v) is 9.53. The van der Waals surface area contributed by atoms with Crippen LogP contribution in [0, 0.1) is 43.9 Å². The summed E-state index contributed by atoms with van der Waals surface area (Å²) in [6.07, 6.45) is 0. The molecule has 0 saturated heterocycles. The van der Waals surface area contributed by atoms with Crippen LogP contribution >= 0.6 is 0 Å². The van der Waals surface area contributed by atoms with Crippen molar-refractivity contribution in [3.8, 4) is 17.4 Å². The van der Waals surface area contributed by atoms with E-state index in [1.165, 1.54) is 0 Å². The van der Waals surface area contributed by atoms with E-state index in [4.69, 9.17) is 11.8 Å². The van der Waals surface area contributed by atoms with E-state index in [0.717, 1.165) is 0 Å². The maximum Gasteiger partial charge on any atom is 2.00 e. The minimum atomic E-state index is -0.684. The van der Waals surface area contributed by atoms with Gasteiger partial charge < -0.3 is 0 Å². The zero-order valence-corrected chi connectivity index (χ0v) is 20.1. The number of hydrogen-bond acceptors (Lipinski definition) is 5. The van der Waals surface area contributed by atoms with Gasteiger partial charge in [0.1, 0.15) is 11.6 Å². The summed E-state index contributed by atoms with van der Waals surface area (Å²) in [6, 6.07) is 18.6. The fourth-order valence-corrected chi connectivity index (χ4v) is 3.15. The molecule has 160 valence electrons. The first kappa shape index (κ1) is 23.1. The molecular formula is C23H18N8Pt. The van der Waals surface area contributed by atoms with Crippen LogP contribution in [0.1, 0.15) is 42.7 Å². The minimum Gasteiger partial charge on any atom is -0.265 e. The van der Waals surface area contributed by atoms with E-state index in [0.29, 0.717) is 45.9 Å². The zero-order chi connectivity index (χ0) is 22.2. The largest absolute Gasteiger partial charge is 2.00 e. The number of hydrogen-bond donors (Lipinski definition) is 0. The maximum atomic E-state index is 9.17. The first-order valence-electron chi connectivity index (χ1n) is 9.53. The van der Waals surface area contributed by atoms with Crippen molar-refractivity contribution >= 4 is 5.69 Å². The minimum absolute atomic E-state index is 0. The molecule has 0 amide bonds. The van der Waals surface area contributed by atoms with E-state index in [-0.39, 0.29) is 21.1 Å². The fourth-order valence-electron chi connectivity index (χ4n) is 3.15. The number of benzene rings is 2. The number of aromatic nitrogens is 6. The smallest absolute Gasteiger partial charge is 0.265 e. The van der Waals surface area contributed by atoms with Crippen LogP contribution in [0.4, 0.5) is 5.69 Å². The van der Waals surface area contributed by atoms with E-state index in [1.807, 2.05) is 27.7 Å². The molecule has 2 aromatic carbocycles. The van der Waals surface area contributed by atoms with Crippen LogP contribution in [0.15, 0.2) is 36.4 Å². The van der Waals surface area contributed by atoms with Crippen molar-refractivity contribution in [1.82, 2.24) is 29.5 Å². The Morgan fingerprint density at radius 2 is 1.50 bits per heavy atom. The maximum absolute atomic E-state index is 9.17. The molecule has 0 aliphatic rings. The molecule has 0 saturated carbocycles. The second kappa shape index (κ2) is 8.86. The van der Waals surface area contributed by atoms with E-state index >= 15 is 0 Å². The van der Waals surface area contributed by atoms with Gasteiger partial charge in [0, 0.05) is 0 Å². The van der Waals surface area contributed by atoms with Gasteiger partial charge >= 0.3 is 21.1 Å². The SMILES string of the molecule is [C-]#[N+]c1cc[c-]c(-n2nc(C(C)(C)c3nc(C)n(-c4[c-]ccc(C#N)c4)n3)nc2C)c1.[Pt+2]. The number of nitriles is 1. The van der Waals surface area contributed by atoms with E-state index in [9.17, 15) is 0 Å². The summed E-state index contributed by atoms with van der Waals surface area (Å²) < 4.78 is 3.33. The Hall–Kier alpha value is -3.61. The van der Waals surface area contributed by atoms with Crippen molar-refractivity contribution in [2.45, 2.75) is 33.1 Å². The third-order valence-corrected chi connectivity index (χ3v) is 4.93. The molecule has 2 aromatic heterocycles. The van der Waals surface area contributed by atoms with Gasteiger partial charge in [0.25, 0.3) is 0 Å². The second-order valence-corrected chi connectivity index (χ2v) is 7.53. The van der Waals surface area contributed by atoms with Gasteiger partial charge in [0.2, 0.25) is 0 Å². The van der Waals surface area contributed by atoms with Gasteiger partial charge in [-0.1, -0.05) is 11.3 Å². The van der Waals surface area contributed by atoms with Crippen molar-refractivity contribution in [2.75, 3.05) is 0 Å². The van der Waals surface area contributed by atoms with Crippen molar-refractivity contribution in [1.29, 1.82) is 5.26 Å². The molecule has 0 N–H and O–H groups in total. The Bertz CT molecular complexity index is 1260. The Kier molecular flexibility index (Phi) is 6.39. The second-order valence-electron chi connectivity index (χ2n) is 7.53. The van der Waals surface area contributed by atoms with Crippen molar-refractivity contribution in [2.24, 2.45) is 0 Å². The average molecular weight is 602 g/mol. The van der Waals surface area contributed by atoms with Gasteiger partial charge in [-0.15, -0.1) is 12.1 Å². The Labute approximate surface area is 200 Å². The van der Waals surface area contributed by atoms with Crippen LogP contribution in [-0.4, -0.2) is 29.5 Å². The van der Waals surface area contributed by atoms with E-state index in [2.05, 4.69) is 43.2 Å². The van der Waals surface area contributed by atoms with Gasteiger partial charge in [-0.25, -0.2) is 19.3 Å². The molecule has 2 heterocycles. The summed E-state index contributed by atoms with van der Waals surface area (Å²) in [5, 5.41) is 18.5. The summed E-state index contributed by atoms with van der Waals surface area (Å²) in [5.74, 6) is 2.45. The molecule has 0 bridgehead atoms. The van der Waals surface area contributed by atoms with Gasteiger partial charge in [-0.2, -0.15) is 51.9 Å². The van der Waals surface area contributed by atoms with Crippen LogP contribution in [0.3, 0.4) is 0 Å². The third-order valence-electron chi connectivity index (χ3n) is 4.93. The molecule has 0 spiro atoms. The molecule has 4 rings (SSSR count). The standard InChI is InChI=1S/C23H18N8.Pt/c1-15-26-21(28-30(15)19-10-6-8-17(12-19)14-24)23(3,4)22-27-16(2)31(29-22)20-11-7-9-18(13-20)25-5;/h6-9,12-13H,1-4H3;/q-2;+2. The molecule has 0 atom stereocenters. The van der Waals surface area contributed by atoms with Gasteiger partial charge in [-0.3, -0.25) is 4.85 Å². The van der Waals surface area contributed by atoms with Crippen LogP contribution in [-0.2, 0) is 26.5 Å². The molecule has 0 fully saturated rings. The van der Waals surface area contributed by atoms with E-state index in [1.54, 1.807) is 45.8 Å². The molecule has 0 aliphatic heterocycles. The normalized spacial score (nSPS) is 10.8. The van der Waals surface area contributed by atoms with Crippen molar-refractivity contribution in [3.05, 3.63) is 88.8 Å². The summed E-state index contributed by atoms with van der Waals surface area (Å²) in [7, 11) is 0. The van der Waals surface area contributed by atoms with Crippen LogP contribution in [0.5, 0.6) is 0 Å². The molecule has 0 radical (unpaired) electrons. The van der Waals surface area contributed by atoms with Gasteiger partial charge in [0.05, 0.1) is 23.7 Å². The number of rotatable bonds is 4. The monoisotopic (exact) mass is 601 g/mol. The van der Waals surface area contributed by atoms with Gasteiger partial charge in [0.15, 0.2) is 11.6 Å². The molecule has 8 nitrogen and oxygen atoms in total. The number of nitrogens with zero attached hydrogens (tertiary/aromatic N) is 8. The molecule has 0 aliphatic carbocycles. The summed E-state index contributed by atoms with van der Waals surface area (Å²) in [4.78, 5) is 12.8. The predicted molar refractivity (Wildman–Crippen MR) is 113 cm³/mol. The summed E-state index contributed by atoms with van der Waals surface area (Å²) in [6.45, 7) is 14.8. The Morgan fingerprint density at radius 3 is 2.03 bits per heavy atom. The van der Waals surface area contributed by atoms with Crippen molar-refractivity contribution in [3.63, 3.8) is 0 Å². The van der Waals surface area contributed by atoms with Gasteiger partial charge in [-0.05, 0) is 33.4 Å². The Morgan fingerprint density at radius 1 is 0.969 bits per heavy atom. The topological polar surface area (TPSA) is 89.6 Å². The summed E-state index contributed by atoms with van der Waals surface area (Å²) in [5.41, 5.74) is 1.65. The van der Waals surface area contributed by atoms with E-state index < -0.39 is 5.41 Å². The van der Waals surface area contributed by atoms with Crippen molar-refractivity contribution < 1.29 is 21.1 Å². The van der Waals surface area contributed by atoms with Crippen LogP contribution in [0.25, 0.3) is 16.2 Å². The average Bonchev–Trinajstić information content (AvgIpc) is 3.37. The number of aryl methyl sites for hydroxylation is 2. The third kappa shape index (κ3) is 4.10. The molecule has 9 heteroatoms. The molecule has 0 unspecified atom stereocenters. The van der Waals surface area contributed by atoms with Crippen LogP contribution in [0.2, 0.25) is 0 Å².